The normalized spacial score (nSPS) is 22.0. The van der Waals surface area contributed by atoms with Crippen LogP contribution in [0.4, 0.5) is 13.2 Å². The molecule has 0 aliphatic carbocycles. The van der Waals surface area contributed by atoms with E-state index in [9.17, 15) is 13.2 Å². The van der Waals surface area contributed by atoms with Gasteiger partial charge < -0.3 is 4.90 Å². The number of rotatable bonds is 1. The number of alkyl halides is 3. The number of nitrogens with zero attached hydrogens (tertiary/aromatic N) is 1. The molecule has 1 fully saturated rings. The zero-order valence-corrected chi connectivity index (χ0v) is 9.69. The third-order valence-electron chi connectivity index (χ3n) is 2.75. The van der Waals surface area contributed by atoms with Crippen molar-refractivity contribution in [3.05, 3.63) is 0 Å². The van der Waals surface area contributed by atoms with E-state index in [1.54, 1.807) is 0 Å². The summed E-state index contributed by atoms with van der Waals surface area (Å²) in [7, 11) is 0. The van der Waals surface area contributed by atoms with Gasteiger partial charge in [-0.15, -0.1) is 0 Å². The van der Waals surface area contributed by atoms with Gasteiger partial charge in [-0.25, -0.2) is 0 Å². The Morgan fingerprint density at radius 3 is 1.87 bits per heavy atom. The van der Waals surface area contributed by atoms with Crippen LogP contribution in [-0.4, -0.2) is 30.7 Å². The Labute approximate surface area is 89.6 Å². The SMILES string of the molecule is CC(C)(C)CN1CCC(C(F)(F)F)CC1. The molecule has 90 valence electrons. The Hall–Kier alpha value is -0.250. The third kappa shape index (κ3) is 4.41. The standard InChI is InChI=1S/C11H20F3N/c1-10(2,3)8-15-6-4-9(5-7-15)11(12,13)14/h9H,4-8H2,1-3H3. The molecule has 0 N–H and O–H groups in total. The maximum Gasteiger partial charge on any atom is 0.391 e. The molecule has 0 spiro atoms. The molecule has 1 saturated heterocycles. The maximum atomic E-state index is 12.4. The Balaban J connectivity index is 2.37. The van der Waals surface area contributed by atoms with Crippen molar-refractivity contribution in [3.8, 4) is 0 Å². The van der Waals surface area contributed by atoms with Gasteiger partial charge in [0.1, 0.15) is 0 Å². The van der Waals surface area contributed by atoms with Crippen LogP contribution >= 0.6 is 0 Å². The molecule has 1 heterocycles. The Bertz CT molecular complexity index is 197. The number of hydrogen-bond donors (Lipinski definition) is 0. The van der Waals surface area contributed by atoms with Gasteiger partial charge in [-0.3, -0.25) is 0 Å². The van der Waals surface area contributed by atoms with E-state index < -0.39 is 12.1 Å². The molecule has 15 heavy (non-hydrogen) atoms. The van der Waals surface area contributed by atoms with Gasteiger partial charge in [-0.05, 0) is 31.3 Å². The van der Waals surface area contributed by atoms with Crippen LogP contribution in [0.5, 0.6) is 0 Å². The van der Waals surface area contributed by atoms with Crippen LogP contribution in [0.15, 0.2) is 0 Å². The fourth-order valence-corrected chi connectivity index (χ4v) is 2.09. The van der Waals surface area contributed by atoms with E-state index in [-0.39, 0.29) is 18.3 Å². The summed E-state index contributed by atoms with van der Waals surface area (Å²) in [4.78, 5) is 2.14. The lowest BCUT2D eigenvalue weighted by Crippen LogP contribution is -2.42. The molecule has 0 bridgehead atoms. The first-order chi connectivity index (χ1) is 6.68. The quantitative estimate of drug-likeness (QED) is 0.659. The highest BCUT2D eigenvalue weighted by Crippen LogP contribution is 2.34. The molecule has 1 nitrogen and oxygen atoms in total. The van der Waals surface area contributed by atoms with E-state index in [0.717, 1.165) is 6.54 Å². The van der Waals surface area contributed by atoms with Crippen LogP contribution in [-0.2, 0) is 0 Å². The smallest absolute Gasteiger partial charge is 0.303 e. The van der Waals surface area contributed by atoms with E-state index in [1.807, 2.05) is 0 Å². The van der Waals surface area contributed by atoms with E-state index in [1.165, 1.54) is 0 Å². The first kappa shape index (κ1) is 12.8. The second-order valence-corrected chi connectivity index (χ2v) is 5.65. The minimum Gasteiger partial charge on any atom is -0.303 e. The largest absolute Gasteiger partial charge is 0.391 e. The lowest BCUT2D eigenvalue weighted by molar-refractivity contribution is -0.185. The van der Waals surface area contributed by atoms with E-state index in [4.69, 9.17) is 0 Å². The van der Waals surface area contributed by atoms with Crippen molar-refractivity contribution in [3.63, 3.8) is 0 Å². The van der Waals surface area contributed by atoms with Gasteiger partial charge >= 0.3 is 6.18 Å². The topological polar surface area (TPSA) is 3.24 Å². The minimum atomic E-state index is -3.99. The number of piperidine rings is 1. The second kappa shape index (κ2) is 4.32. The van der Waals surface area contributed by atoms with E-state index >= 15 is 0 Å². The molecular formula is C11H20F3N. The van der Waals surface area contributed by atoms with Gasteiger partial charge in [-0.2, -0.15) is 13.2 Å². The van der Waals surface area contributed by atoms with Crippen molar-refractivity contribution >= 4 is 0 Å². The Morgan fingerprint density at radius 1 is 1.07 bits per heavy atom. The first-order valence-corrected chi connectivity index (χ1v) is 5.47. The van der Waals surface area contributed by atoms with Crippen LogP contribution in [0.25, 0.3) is 0 Å². The number of halogens is 3. The van der Waals surface area contributed by atoms with Gasteiger partial charge in [0.25, 0.3) is 0 Å². The summed E-state index contributed by atoms with van der Waals surface area (Å²) in [6.07, 6.45) is -3.47. The molecule has 0 atom stereocenters. The van der Waals surface area contributed by atoms with Crippen LogP contribution in [0.2, 0.25) is 0 Å². The summed E-state index contributed by atoms with van der Waals surface area (Å²) in [5, 5.41) is 0. The molecule has 0 aromatic rings. The van der Waals surface area contributed by atoms with E-state index in [0.29, 0.717) is 13.1 Å². The second-order valence-electron chi connectivity index (χ2n) is 5.65. The predicted molar refractivity (Wildman–Crippen MR) is 54.7 cm³/mol. The van der Waals surface area contributed by atoms with Crippen molar-refractivity contribution in [2.75, 3.05) is 19.6 Å². The summed E-state index contributed by atoms with van der Waals surface area (Å²) in [6.45, 7) is 8.40. The third-order valence-corrected chi connectivity index (χ3v) is 2.75. The lowest BCUT2D eigenvalue weighted by Gasteiger charge is -2.36. The molecule has 0 radical (unpaired) electrons. The molecule has 1 rings (SSSR count). The van der Waals surface area contributed by atoms with E-state index in [2.05, 4.69) is 25.7 Å². The molecule has 1 aliphatic heterocycles. The van der Waals surface area contributed by atoms with Gasteiger partial charge in [0.05, 0.1) is 5.92 Å². The summed E-state index contributed by atoms with van der Waals surface area (Å²) in [6, 6.07) is 0. The van der Waals surface area contributed by atoms with Crippen molar-refractivity contribution in [1.82, 2.24) is 4.90 Å². The maximum absolute atomic E-state index is 12.4. The van der Waals surface area contributed by atoms with Gasteiger partial charge in [0.15, 0.2) is 0 Å². The molecule has 0 aromatic heterocycles. The highest BCUT2D eigenvalue weighted by molar-refractivity contribution is 4.79. The first-order valence-electron chi connectivity index (χ1n) is 5.47. The fraction of sp³-hybridized carbons (Fsp3) is 1.00. The molecule has 0 saturated carbocycles. The highest BCUT2D eigenvalue weighted by Gasteiger charge is 2.41. The predicted octanol–water partition coefficient (Wildman–Crippen LogP) is 3.31. The number of likely N-dealkylation sites (tertiary alicyclic amines) is 1. The summed E-state index contributed by atoms with van der Waals surface area (Å²) >= 11 is 0. The van der Waals surface area contributed by atoms with Crippen LogP contribution in [0.3, 0.4) is 0 Å². The van der Waals surface area contributed by atoms with Gasteiger partial charge in [0.2, 0.25) is 0 Å². The number of hydrogen-bond acceptors (Lipinski definition) is 1. The molecule has 0 unspecified atom stereocenters. The van der Waals surface area contributed by atoms with Crippen LogP contribution < -0.4 is 0 Å². The Morgan fingerprint density at radius 2 is 1.53 bits per heavy atom. The summed E-state index contributed by atoms with van der Waals surface area (Å²) in [5.41, 5.74) is 0.172. The average molecular weight is 223 g/mol. The van der Waals surface area contributed by atoms with Crippen molar-refractivity contribution in [1.29, 1.82) is 0 Å². The molecule has 4 heteroatoms. The lowest BCUT2D eigenvalue weighted by atomic mass is 9.92. The van der Waals surface area contributed by atoms with Crippen LogP contribution in [0, 0.1) is 11.3 Å². The molecule has 0 aromatic carbocycles. The van der Waals surface area contributed by atoms with Crippen molar-refractivity contribution < 1.29 is 13.2 Å². The molecule has 1 aliphatic rings. The van der Waals surface area contributed by atoms with Gasteiger partial charge in [-0.1, -0.05) is 20.8 Å². The summed E-state index contributed by atoms with van der Waals surface area (Å²) < 4.78 is 37.2. The monoisotopic (exact) mass is 223 g/mol. The van der Waals surface area contributed by atoms with Crippen LogP contribution in [0.1, 0.15) is 33.6 Å². The zero-order chi connectivity index (χ0) is 11.7. The van der Waals surface area contributed by atoms with Gasteiger partial charge in [0, 0.05) is 6.54 Å². The fourth-order valence-electron chi connectivity index (χ4n) is 2.09. The molecule has 0 amide bonds. The Kier molecular flexibility index (Phi) is 3.69. The zero-order valence-electron chi connectivity index (χ0n) is 9.69. The molecular weight excluding hydrogens is 203 g/mol. The van der Waals surface area contributed by atoms with Crippen molar-refractivity contribution in [2.24, 2.45) is 11.3 Å². The summed E-state index contributed by atoms with van der Waals surface area (Å²) in [5.74, 6) is -1.08. The highest BCUT2D eigenvalue weighted by atomic mass is 19.4. The minimum absolute atomic E-state index is 0.172. The average Bonchev–Trinajstić information content (AvgIpc) is 2.00. The van der Waals surface area contributed by atoms with Crippen molar-refractivity contribution in [2.45, 2.75) is 39.8 Å².